The summed E-state index contributed by atoms with van der Waals surface area (Å²) in [7, 11) is 0. The summed E-state index contributed by atoms with van der Waals surface area (Å²) in [6.45, 7) is 20.0. The second kappa shape index (κ2) is 15.8. The largest absolute Gasteiger partial charge is 0.106 e. The van der Waals surface area contributed by atoms with Crippen LogP contribution in [0.2, 0.25) is 0 Å². The summed E-state index contributed by atoms with van der Waals surface area (Å²) in [6.07, 6.45) is 0. The quantitative estimate of drug-likeness (QED) is 0.448. The SMILES string of the molecule is C=C.C=C(C)C.CC(C)C. The molecule has 0 radical (unpaired) electrons. The maximum absolute atomic E-state index is 3.56. The summed E-state index contributed by atoms with van der Waals surface area (Å²) in [5.74, 6) is 0.833. The van der Waals surface area contributed by atoms with Crippen molar-refractivity contribution in [2.24, 2.45) is 5.92 Å². The Labute approximate surface area is 66.7 Å². The lowest BCUT2D eigenvalue weighted by Gasteiger charge is -1.79. The Morgan fingerprint density at radius 2 is 1.00 bits per heavy atom. The van der Waals surface area contributed by atoms with E-state index in [0.29, 0.717) is 0 Å². The Hall–Kier alpha value is -0.520. The Bertz CT molecular complexity index is 53.7. The van der Waals surface area contributed by atoms with Gasteiger partial charge < -0.3 is 0 Å². The molecule has 0 saturated carbocycles. The van der Waals surface area contributed by atoms with E-state index in [4.69, 9.17) is 0 Å². The molecule has 0 aromatic heterocycles. The van der Waals surface area contributed by atoms with E-state index in [2.05, 4.69) is 40.5 Å². The van der Waals surface area contributed by atoms with Crippen molar-refractivity contribution in [1.82, 2.24) is 0 Å². The molecule has 0 aromatic carbocycles. The van der Waals surface area contributed by atoms with Crippen LogP contribution in [0.15, 0.2) is 25.3 Å². The Kier molecular flexibility index (Phi) is 25.7. The second-order valence-corrected chi connectivity index (χ2v) is 2.94. The van der Waals surface area contributed by atoms with E-state index in [1.807, 2.05) is 13.8 Å². The van der Waals surface area contributed by atoms with Crippen molar-refractivity contribution in [3.63, 3.8) is 0 Å². The van der Waals surface area contributed by atoms with Gasteiger partial charge in [0.05, 0.1) is 0 Å². The molecule has 0 aliphatic carbocycles. The zero-order valence-corrected chi connectivity index (χ0v) is 8.20. The average Bonchev–Trinajstić information content (AvgIpc) is 1.66. The Morgan fingerprint density at radius 3 is 1.00 bits per heavy atom. The molecule has 0 atom stereocenters. The molecular weight excluding hydrogens is 120 g/mol. The van der Waals surface area contributed by atoms with Crippen molar-refractivity contribution >= 4 is 0 Å². The highest BCUT2D eigenvalue weighted by Gasteiger charge is 1.68. The molecule has 0 spiro atoms. The number of allylic oxidation sites excluding steroid dienone is 1. The topological polar surface area (TPSA) is 0 Å². The first-order chi connectivity index (χ1) is 4.46. The fourth-order valence-electron chi connectivity index (χ4n) is 0. The number of rotatable bonds is 0. The van der Waals surface area contributed by atoms with E-state index in [9.17, 15) is 0 Å². The lowest BCUT2D eigenvalue weighted by Crippen LogP contribution is -1.66. The molecule has 0 aliphatic rings. The van der Waals surface area contributed by atoms with Crippen LogP contribution in [0.5, 0.6) is 0 Å². The van der Waals surface area contributed by atoms with Gasteiger partial charge in [-0.15, -0.1) is 19.7 Å². The normalized spacial score (nSPS) is 6.60. The zero-order chi connectivity index (χ0) is 9.15. The average molecular weight is 142 g/mol. The van der Waals surface area contributed by atoms with E-state index in [1.54, 1.807) is 0 Å². The van der Waals surface area contributed by atoms with Crippen molar-refractivity contribution in [3.8, 4) is 0 Å². The molecule has 0 fully saturated rings. The van der Waals surface area contributed by atoms with Crippen LogP contribution in [-0.4, -0.2) is 0 Å². The van der Waals surface area contributed by atoms with Gasteiger partial charge in [-0.1, -0.05) is 26.3 Å². The standard InChI is InChI=1S/C4H10.C4H8.C2H4/c2*1-4(2)3;1-2/h4H,1-3H3;1H2,2-3H3;1-2H2. The minimum Gasteiger partial charge on any atom is -0.106 e. The highest BCUT2D eigenvalue weighted by atomic mass is 13.7. The van der Waals surface area contributed by atoms with Gasteiger partial charge in [0.15, 0.2) is 0 Å². The lowest BCUT2D eigenvalue weighted by molar-refractivity contribution is 0.737. The molecule has 10 heavy (non-hydrogen) atoms. The van der Waals surface area contributed by atoms with Crippen LogP contribution in [0.1, 0.15) is 34.6 Å². The van der Waals surface area contributed by atoms with Crippen molar-refractivity contribution in [3.05, 3.63) is 25.3 Å². The van der Waals surface area contributed by atoms with Gasteiger partial charge in [-0.3, -0.25) is 0 Å². The summed E-state index contributed by atoms with van der Waals surface area (Å²) in [6, 6.07) is 0. The third-order valence-corrected chi connectivity index (χ3v) is 0. The van der Waals surface area contributed by atoms with Crippen LogP contribution in [0.3, 0.4) is 0 Å². The summed E-state index contributed by atoms with van der Waals surface area (Å²) in [4.78, 5) is 0. The summed E-state index contributed by atoms with van der Waals surface area (Å²) in [5.41, 5.74) is 1.17. The van der Waals surface area contributed by atoms with Crippen molar-refractivity contribution in [2.75, 3.05) is 0 Å². The van der Waals surface area contributed by atoms with Crippen LogP contribution >= 0.6 is 0 Å². The zero-order valence-electron chi connectivity index (χ0n) is 8.20. The minimum absolute atomic E-state index is 0.833. The summed E-state index contributed by atoms with van der Waals surface area (Å²) < 4.78 is 0. The van der Waals surface area contributed by atoms with Gasteiger partial charge >= 0.3 is 0 Å². The van der Waals surface area contributed by atoms with Crippen LogP contribution in [-0.2, 0) is 0 Å². The predicted octanol–water partition coefficient (Wildman–Crippen LogP) is 4.05. The van der Waals surface area contributed by atoms with Crippen molar-refractivity contribution in [2.45, 2.75) is 34.6 Å². The van der Waals surface area contributed by atoms with E-state index in [0.717, 1.165) is 5.92 Å². The Balaban J connectivity index is -0.0000000787. The van der Waals surface area contributed by atoms with Crippen LogP contribution in [0, 0.1) is 5.92 Å². The van der Waals surface area contributed by atoms with E-state index in [-0.39, 0.29) is 0 Å². The van der Waals surface area contributed by atoms with Gasteiger partial charge in [0.2, 0.25) is 0 Å². The third kappa shape index (κ3) is 1160. The molecule has 0 heterocycles. The predicted molar refractivity (Wildman–Crippen MR) is 52.3 cm³/mol. The van der Waals surface area contributed by atoms with Crippen LogP contribution in [0.4, 0.5) is 0 Å². The van der Waals surface area contributed by atoms with Gasteiger partial charge in [-0.2, -0.15) is 0 Å². The van der Waals surface area contributed by atoms with E-state index >= 15 is 0 Å². The molecule has 0 bridgehead atoms. The molecule has 0 amide bonds. The number of hydrogen-bond acceptors (Lipinski definition) is 0. The van der Waals surface area contributed by atoms with Gasteiger partial charge in [0.25, 0.3) is 0 Å². The van der Waals surface area contributed by atoms with E-state index < -0.39 is 0 Å². The fraction of sp³-hybridized carbons (Fsp3) is 0.600. The maximum atomic E-state index is 3.56. The summed E-state index contributed by atoms with van der Waals surface area (Å²) >= 11 is 0. The molecule has 0 saturated heterocycles. The monoisotopic (exact) mass is 142 g/mol. The molecule has 0 heteroatoms. The third-order valence-electron chi connectivity index (χ3n) is 0. The van der Waals surface area contributed by atoms with Crippen LogP contribution in [0.25, 0.3) is 0 Å². The fourth-order valence-corrected chi connectivity index (χ4v) is 0. The molecule has 0 N–H and O–H groups in total. The van der Waals surface area contributed by atoms with Crippen molar-refractivity contribution in [1.29, 1.82) is 0 Å². The van der Waals surface area contributed by atoms with Gasteiger partial charge in [0.1, 0.15) is 0 Å². The molecule has 0 rings (SSSR count). The second-order valence-electron chi connectivity index (χ2n) is 2.94. The molecule has 0 nitrogen and oxygen atoms in total. The van der Waals surface area contributed by atoms with Gasteiger partial charge in [-0.25, -0.2) is 0 Å². The number of hydrogen-bond donors (Lipinski definition) is 0. The molecule has 0 unspecified atom stereocenters. The van der Waals surface area contributed by atoms with Gasteiger partial charge in [-0.05, 0) is 19.8 Å². The molecular formula is C10H22. The minimum atomic E-state index is 0.833. The summed E-state index contributed by atoms with van der Waals surface area (Å²) in [5, 5.41) is 0. The highest BCUT2D eigenvalue weighted by Crippen LogP contribution is 1.81. The van der Waals surface area contributed by atoms with Gasteiger partial charge in [0, 0.05) is 0 Å². The lowest BCUT2D eigenvalue weighted by atomic mass is 10.3. The first-order valence-electron chi connectivity index (χ1n) is 3.59. The van der Waals surface area contributed by atoms with E-state index in [1.165, 1.54) is 5.57 Å². The molecule has 0 aromatic rings. The van der Waals surface area contributed by atoms with Crippen molar-refractivity contribution < 1.29 is 0 Å². The van der Waals surface area contributed by atoms with Crippen LogP contribution < -0.4 is 0 Å². The first-order valence-corrected chi connectivity index (χ1v) is 3.59. The molecule has 62 valence electrons. The molecule has 0 aliphatic heterocycles. The Morgan fingerprint density at radius 1 is 1.00 bits per heavy atom. The smallest absolute Gasteiger partial charge is 0.0445 e. The first kappa shape index (κ1) is 16.2. The highest BCUT2D eigenvalue weighted by molar-refractivity contribution is 4.78. The maximum Gasteiger partial charge on any atom is -0.0445 e.